The minimum Gasteiger partial charge on any atom is -0.389 e. The Balaban J connectivity index is 2.35. The molecule has 2 atom stereocenters. The van der Waals surface area contributed by atoms with Crippen molar-refractivity contribution in [2.45, 2.75) is 45.6 Å². The zero-order valence-electron chi connectivity index (χ0n) is 12.0. The Labute approximate surface area is 121 Å². The van der Waals surface area contributed by atoms with Crippen LogP contribution in [0.4, 0.5) is 5.82 Å². The molecule has 0 aliphatic heterocycles. The van der Waals surface area contributed by atoms with Gasteiger partial charge in [-0.15, -0.1) is 0 Å². The first kappa shape index (κ1) is 14.3. The van der Waals surface area contributed by atoms with Gasteiger partial charge in [-0.2, -0.15) is 0 Å². The van der Waals surface area contributed by atoms with Gasteiger partial charge < -0.3 is 10.6 Å². The molecule has 1 aromatic heterocycles. The lowest BCUT2D eigenvalue weighted by Crippen LogP contribution is -2.40. The molecule has 3 nitrogen and oxygen atoms in total. The van der Waals surface area contributed by atoms with E-state index in [0.29, 0.717) is 16.9 Å². The van der Waals surface area contributed by atoms with Crippen LogP contribution in [0.2, 0.25) is 0 Å². The number of anilines is 1. The van der Waals surface area contributed by atoms with Gasteiger partial charge in [0.1, 0.15) is 10.8 Å². The van der Waals surface area contributed by atoms with Gasteiger partial charge in [-0.05, 0) is 37.3 Å². The van der Waals surface area contributed by atoms with E-state index in [4.69, 9.17) is 18.0 Å². The number of thiocarbonyl (C=S) groups is 1. The molecule has 1 aliphatic rings. The third kappa shape index (κ3) is 2.89. The van der Waals surface area contributed by atoms with Gasteiger partial charge in [-0.3, -0.25) is 0 Å². The lowest BCUT2D eigenvalue weighted by Gasteiger charge is -2.37. The molecule has 1 aromatic rings. The highest BCUT2D eigenvalue weighted by molar-refractivity contribution is 7.80. The summed E-state index contributed by atoms with van der Waals surface area (Å²) in [6, 6.07) is 2.51. The van der Waals surface area contributed by atoms with Crippen molar-refractivity contribution in [3.8, 4) is 0 Å². The standard InChI is InChI=1S/C15H23N3S/c1-10-6-4-5-7-12(10)18(3)15-13(14(16)19)11(2)8-9-17-15/h8-10,12H,4-7H2,1-3H3,(H2,16,19). The molecule has 104 valence electrons. The van der Waals surface area contributed by atoms with Gasteiger partial charge in [0.25, 0.3) is 0 Å². The average molecular weight is 277 g/mol. The van der Waals surface area contributed by atoms with E-state index in [1.165, 1.54) is 25.7 Å². The second-order valence-corrected chi connectivity index (χ2v) is 6.07. The summed E-state index contributed by atoms with van der Waals surface area (Å²) in [7, 11) is 2.12. The molecule has 0 radical (unpaired) electrons. The number of hydrogen-bond donors (Lipinski definition) is 1. The topological polar surface area (TPSA) is 42.2 Å². The van der Waals surface area contributed by atoms with Crippen LogP contribution in [0.15, 0.2) is 12.3 Å². The number of nitrogens with zero attached hydrogens (tertiary/aromatic N) is 2. The van der Waals surface area contributed by atoms with Crippen LogP contribution in [0.5, 0.6) is 0 Å². The van der Waals surface area contributed by atoms with Crippen LogP contribution in [-0.4, -0.2) is 23.1 Å². The maximum Gasteiger partial charge on any atom is 0.139 e. The summed E-state index contributed by atoms with van der Waals surface area (Å²) in [6.07, 6.45) is 7.01. The molecule has 1 saturated carbocycles. The predicted molar refractivity (Wildman–Crippen MR) is 84.7 cm³/mol. The number of aryl methyl sites for hydroxylation is 1. The Hall–Kier alpha value is -1.16. The summed E-state index contributed by atoms with van der Waals surface area (Å²) < 4.78 is 0. The molecule has 1 aliphatic carbocycles. The molecule has 0 amide bonds. The molecule has 0 aromatic carbocycles. The highest BCUT2D eigenvalue weighted by Gasteiger charge is 2.27. The quantitative estimate of drug-likeness (QED) is 0.862. The average Bonchev–Trinajstić information content (AvgIpc) is 2.37. The zero-order chi connectivity index (χ0) is 14.0. The number of hydrogen-bond acceptors (Lipinski definition) is 3. The van der Waals surface area contributed by atoms with E-state index in [1.807, 2.05) is 19.2 Å². The fourth-order valence-electron chi connectivity index (χ4n) is 3.14. The first-order valence-electron chi connectivity index (χ1n) is 7.00. The van der Waals surface area contributed by atoms with Gasteiger partial charge in [0.15, 0.2) is 0 Å². The summed E-state index contributed by atoms with van der Waals surface area (Å²) in [6.45, 7) is 4.37. The van der Waals surface area contributed by atoms with Crippen LogP contribution >= 0.6 is 12.2 Å². The van der Waals surface area contributed by atoms with Crippen LogP contribution in [0.1, 0.15) is 43.7 Å². The molecular weight excluding hydrogens is 254 g/mol. The smallest absolute Gasteiger partial charge is 0.139 e. The largest absolute Gasteiger partial charge is 0.389 e. The predicted octanol–water partition coefficient (Wildman–Crippen LogP) is 3.04. The van der Waals surface area contributed by atoms with Crippen molar-refractivity contribution >= 4 is 23.0 Å². The Bertz CT molecular complexity index is 472. The molecule has 19 heavy (non-hydrogen) atoms. The Kier molecular flexibility index (Phi) is 4.40. The summed E-state index contributed by atoms with van der Waals surface area (Å²) in [5.41, 5.74) is 7.92. The van der Waals surface area contributed by atoms with Crippen molar-refractivity contribution in [1.29, 1.82) is 0 Å². The second-order valence-electron chi connectivity index (χ2n) is 5.63. The van der Waals surface area contributed by atoms with Crippen molar-refractivity contribution in [1.82, 2.24) is 4.98 Å². The summed E-state index contributed by atoms with van der Waals surface area (Å²) in [5.74, 6) is 1.63. The first-order chi connectivity index (χ1) is 9.02. The van der Waals surface area contributed by atoms with Gasteiger partial charge in [-0.25, -0.2) is 4.98 Å². The normalized spacial score (nSPS) is 23.1. The number of pyridine rings is 1. The third-order valence-electron chi connectivity index (χ3n) is 4.28. The van der Waals surface area contributed by atoms with Crippen molar-refractivity contribution in [3.05, 3.63) is 23.4 Å². The van der Waals surface area contributed by atoms with E-state index in [1.54, 1.807) is 0 Å². The highest BCUT2D eigenvalue weighted by atomic mass is 32.1. The molecule has 2 rings (SSSR count). The molecule has 2 N–H and O–H groups in total. The minimum atomic E-state index is 0.441. The van der Waals surface area contributed by atoms with Crippen LogP contribution < -0.4 is 10.6 Å². The highest BCUT2D eigenvalue weighted by Crippen LogP contribution is 2.31. The van der Waals surface area contributed by atoms with E-state index in [-0.39, 0.29) is 0 Å². The fourth-order valence-corrected chi connectivity index (χ4v) is 3.40. The molecular formula is C15H23N3S. The van der Waals surface area contributed by atoms with Crippen molar-refractivity contribution in [2.24, 2.45) is 11.7 Å². The maximum absolute atomic E-state index is 5.88. The van der Waals surface area contributed by atoms with Crippen LogP contribution in [0, 0.1) is 12.8 Å². The Morgan fingerprint density at radius 2 is 2.11 bits per heavy atom. The number of aromatic nitrogens is 1. The molecule has 1 fully saturated rings. The zero-order valence-corrected chi connectivity index (χ0v) is 12.8. The minimum absolute atomic E-state index is 0.441. The summed E-state index contributed by atoms with van der Waals surface area (Å²) in [5, 5.41) is 0. The van der Waals surface area contributed by atoms with Gasteiger partial charge in [0.05, 0.1) is 5.56 Å². The molecule has 0 bridgehead atoms. The second kappa shape index (κ2) is 5.87. The van der Waals surface area contributed by atoms with Gasteiger partial charge in [0.2, 0.25) is 0 Å². The molecule has 0 saturated heterocycles. The number of nitrogens with two attached hydrogens (primary N) is 1. The van der Waals surface area contributed by atoms with E-state index in [0.717, 1.165) is 16.9 Å². The van der Waals surface area contributed by atoms with E-state index >= 15 is 0 Å². The molecule has 4 heteroatoms. The Morgan fingerprint density at radius 3 is 2.74 bits per heavy atom. The van der Waals surface area contributed by atoms with Gasteiger partial charge >= 0.3 is 0 Å². The third-order valence-corrected chi connectivity index (χ3v) is 4.49. The molecule has 0 spiro atoms. The lowest BCUT2D eigenvalue weighted by atomic mass is 9.85. The van der Waals surface area contributed by atoms with Gasteiger partial charge in [-0.1, -0.05) is 32.0 Å². The number of rotatable bonds is 3. The molecule has 1 heterocycles. The first-order valence-corrected chi connectivity index (χ1v) is 7.41. The van der Waals surface area contributed by atoms with E-state index in [9.17, 15) is 0 Å². The molecule has 2 unspecified atom stereocenters. The Morgan fingerprint density at radius 1 is 1.42 bits per heavy atom. The lowest BCUT2D eigenvalue weighted by molar-refractivity contribution is 0.320. The van der Waals surface area contributed by atoms with Crippen molar-refractivity contribution in [3.63, 3.8) is 0 Å². The van der Waals surface area contributed by atoms with E-state index < -0.39 is 0 Å². The summed E-state index contributed by atoms with van der Waals surface area (Å²) in [4.78, 5) is 7.25. The van der Waals surface area contributed by atoms with Crippen molar-refractivity contribution < 1.29 is 0 Å². The van der Waals surface area contributed by atoms with Crippen LogP contribution in [0.3, 0.4) is 0 Å². The maximum atomic E-state index is 5.88. The van der Waals surface area contributed by atoms with Crippen LogP contribution in [-0.2, 0) is 0 Å². The van der Waals surface area contributed by atoms with E-state index in [2.05, 4.69) is 23.9 Å². The fraction of sp³-hybridized carbons (Fsp3) is 0.600. The SMILES string of the molecule is Cc1ccnc(N(C)C2CCCCC2C)c1C(N)=S. The van der Waals surface area contributed by atoms with Crippen molar-refractivity contribution in [2.75, 3.05) is 11.9 Å². The van der Waals surface area contributed by atoms with Gasteiger partial charge in [0, 0.05) is 19.3 Å². The summed E-state index contributed by atoms with van der Waals surface area (Å²) >= 11 is 5.20. The monoisotopic (exact) mass is 277 g/mol. The van der Waals surface area contributed by atoms with Crippen LogP contribution in [0.25, 0.3) is 0 Å².